The first-order valence-electron chi connectivity index (χ1n) is 7.67. The van der Waals surface area contributed by atoms with Crippen LogP contribution in [0.15, 0.2) is 60.1 Å². The fourth-order valence-corrected chi connectivity index (χ4v) is 2.94. The quantitative estimate of drug-likeness (QED) is 0.501. The Bertz CT molecular complexity index is 896. The lowest BCUT2D eigenvalue weighted by Gasteiger charge is -1.99. The third kappa shape index (κ3) is 4.30. The van der Waals surface area contributed by atoms with Gasteiger partial charge in [-0.15, -0.1) is 11.3 Å². The summed E-state index contributed by atoms with van der Waals surface area (Å²) in [5.74, 6) is -0.752. The number of carbonyl (C=O) groups is 2. The van der Waals surface area contributed by atoms with Crippen LogP contribution in [0.5, 0.6) is 0 Å². The Morgan fingerprint density at radius 2 is 2.00 bits per heavy atom. The van der Waals surface area contributed by atoms with E-state index in [1.54, 1.807) is 22.1 Å². The molecule has 5 nitrogen and oxygen atoms in total. The number of nitrogens with zero attached hydrogens (tertiary/aromatic N) is 2. The van der Waals surface area contributed by atoms with Crippen LogP contribution in [0.1, 0.15) is 12.5 Å². The molecule has 0 amide bonds. The second-order valence-corrected chi connectivity index (χ2v) is 6.28. The van der Waals surface area contributed by atoms with Crippen molar-refractivity contribution in [1.82, 2.24) is 9.78 Å². The monoisotopic (exact) mass is 352 g/mol. The van der Waals surface area contributed by atoms with Crippen molar-refractivity contribution in [3.8, 4) is 16.3 Å². The Labute approximate surface area is 149 Å². The number of thiophene rings is 1. The van der Waals surface area contributed by atoms with Crippen LogP contribution < -0.4 is 0 Å². The van der Waals surface area contributed by atoms with Gasteiger partial charge in [0.25, 0.3) is 0 Å². The van der Waals surface area contributed by atoms with Gasteiger partial charge in [0.2, 0.25) is 0 Å². The van der Waals surface area contributed by atoms with Crippen molar-refractivity contribution in [3.05, 3.63) is 65.7 Å². The van der Waals surface area contributed by atoms with Gasteiger partial charge in [0.05, 0.1) is 10.6 Å². The van der Waals surface area contributed by atoms with Crippen molar-refractivity contribution in [3.63, 3.8) is 0 Å². The van der Waals surface area contributed by atoms with Crippen LogP contribution in [0.25, 0.3) is 22.3 Å². The molecule has 0 atom stereocenters. The number of carbonyl (C=O) groups excluding carboxylic acids is 2. The molecule has 0 unspecified atom stereocenters. The summed E-state index contributed by atoms with van der Waals surface area (Å²) in [4.78, 5) is 23.6. The molecule has 2 aromatic heterocycles. The van der Waals surface area contributed by atoms with E-state index < -0.39 is 5.97 Å². The second kappa shape index (κ2) is 7.72. The van der Waals surface area contributed by atoms with Crippen molar-refractivity contribution in [1.29, 1.82) is 0 Å². The van der Waals surface area contributed by atoms with Gasteiger partial charge in [0, 0.05) is 17.8 Å². The van der Waals surface area contributed by atoms with Crippen molar-refractivity contribution in [2.24, 2.45) is 0 Å². The van der Waals surface area contributed by atoms with E-state index in [0.717, 1.165) is 21.8 Å². The zero-order valence-electron chi connectivity index (χ0n) is 13.6. The first-order chi connectivity index (χ1) is 12.1. The maximum Gasteiger partial charge on any atom is 0.331 e. The van der Waals surface area contributed by atoms with E-state index in [1.807, 2.05) is 54.0 Å². The van der Waals surface area contributed by atoms with Crippen LogP contribution in [-0.4, -0.2) is 28.1 Å². The molecule has 0 spiro atoms. The van der Waals surface area contributed by atoms with Crippen LogP contribution in [0.4, 0.5) is 0 Å². The normalized spacial score (nSPS) is 10.9. The van der Waals surface area contributed by atoms with Crippen LogP contribution in [-0.2, 0) is 14.3 Å². The molecule has 25 heavy (non-hydrogen) atoms. The average Bonchev–Trinajstić information content (AvgIpc) is 3.28. The van der Waals surface area contributed by atoms with Gasteiger partial charge >= 0.3 is 5.97 Å². The summed E-state index contributed by atoms with van der Waals surface area (Å²) in [5.41, 5.74) is 2.51. The maximum absolute atomic E-state index is 11.7. The van der Waals surface area contributed by atoms with Gasteiger partial charge in [-0.2, -0.15) is 5.10 Å². The molecule has 0 bridgehead atoms. The molecule has 0 aliphatic heterocycles. The standard InChI is InChI=1S/C19H16N2O3S/c1-14(22)13-24-18(23)10-9-15-12-21(16-6-3-2-4-7-16)20-19(15)17-8-5-11-25-17/h2-12H,13H2,1H3. The molecule has 0 radical (unpaired) electrons. The highest BCUT2D eigenvalue weighted by Crippen LogP contribution is 2.28. The maximum atomic E-state index is 11.7. The van der Waals surface area contributed by atoms with Gasteiger partial charge in [-0.05, 0) is 36.6 Å². The predicted molar refractivity (Wildman–Crippen MR) is 97.6 cm³/mol. The fourth-order valence-electron chi connectivity index (χ4n) is 2.21. The van der Waals surface area contributed by atoms with E-state index >= 15 is 0 Å². The summed E-state index contributed by atoms with van der Waals surface area (Å²) in [5, 5.41) is 6.62. The SMILES string of the molecule is CC(=O)COC(=O)C=Cc1cn(-c2ccccc2)nc1-c1cccs1. The van der Waals surface area contributed by atoms with Crippen molar-refractivity contribution < 1.29 is 14.3 Å². The Morgan fingerprint density at radius 3 is 2.68 bits per heavy atom. The molecule has 0 fully saturated rings. The molecule has 6 heteroatoms. The lowest BCUT2D eigenvalue weighted by molar-refractivity contribution is -0.142. The summed E-state index contributed by atoms with van der Waals surface area (Å²) in [6.45, 7) is 1.15. The molecule has 0 aliphatic rings. The lowest BCUT2D eigenvalue weighted by Crippen LogP contribution is -2.08. The van der Waals surface area contributed by atoms with Crippen LogP contribution in [0.3, 0.4) is 0 Å². The van der Waals surface area contributed by atoms with Gasteiger partial charge in [-0.25, -0.2) is 9.48 Å². The Kier molecular flexibility index (Phi) is 5.20. The molecule has 0 N–H and O–H groups in total. The number of Topliss-reactive ketones (excluding diaryl/α,β-unsaturated/α-hetero) is 1. The van der Waals surface area contributed by atoms with Crippen molar-refractivity contribution in [2.75, 3.05) is 6.61 Å². The number of ether oxygens (including phenoxy) is 1. The Balaban J connectivity index is 1.90. The zero-order chi connectivity index (χ0) is 17.6. The van der Waals surface area contributed by atoms with Crippen LogP contribution >= 0.6 is 11.3 Å². The topological polar surface area (TPSA) is 61.2 Å². The summed E-state index contributed by atoms with van der Waals surface area (Å²) in [6.07, 6.45) is 4.83. The molecular weight excluding hydrogens is 336 g/mol. The molecule has 2 heterocycles. The number of hydrogen-bond acceptors (Lipinski definition) is 5. The Morgan fingerprint density at radius 1 is 1.20 bits per heavy atom. The highest BCUT2D eigenvalue weighted by molar-refractivity contribution is 7.13. The van der Waals surface area contributed by atoms with Gasteiger partial charge in [0.15, 0.2) is 5.78 Å². The largest absolute Gasteiger partial charge is 0.455 e. The van der Waals surface area contributed by atoms with Gasteiger partial charge in [0.1, 0.15) is 12.3 Å². The van der Waals surface area contributed by atoms with E-state index in [-0.39, 0.29) is 12.4 Å². The van der Waals surface area contributed by atoms with Gasteiger partial charge < -0.3 is 4.74 Å². The fraction of sp³-hybridized carbons (Fsp3) is 0.105. The minimum atomic E-state index is -0.556. The molecule has 3 rings (SSSR count). The second-order valence-electron chi connectivity index (χ2n) is 5.33. The van der Waals surface area contributed by atoms with E-state index in [9.17, 15) is 9.59 Å². The number of rotatable bonds is 6. The Hall–Kier alpha value is -2.99. The third-order valence-electron chi connectivity index (χ3n) is 3.33. The predicted octanol–water partition coefficient (Wildman–Crippen LogP) is 3.75. The first-order valence-corrected chi connectivity index (χ1v) is 8.54. The average molecular weight is 352 g/mol. The lowest BCUT2D eigenvalue weighted by atomic mass is 10.2. The molecule has 3 aromatic rings. The molecule has 126 valence electrons. The molecule has 0 aliphatic carbocycles. The van der Waals surface area contributed by atoms with Gasteiger partial charge in [-0.1, -0.05) is 24.3 Å². The summed E-state index contributed by atoms with van der Waals surface area (Å²) in [7, 11) is 0. The number of aromatic nitrogens is 2. The number of para-hydroxylation sites is 1. The van der Waals surface area contributed by atoms with E-state index in [0.29, 0.717) is 0 Å². The number of hydrogen-bond donors (Lipinski definition) is 0. The summed E-state index contributed by atoms with van der Waals surface area (Å²) >= 11 is 1.58. The number of esters is 1. The van der Waals surface area contributed by atoms with Crippen LogP contribution in [0.2, 0.25) is 0 Å². The smallest absolute Gasteiger partial charge is 0.331 e. The molecule has 1 aromatic carbocycles. The summed E-state index contributed by atoms with van der Waals surface area (Å²) in [6, 6.07) is 13.7. The van der Waals surface area contributed by atoms with Crippen LogP contribution in [0, 0.1) is 0 Å². The number of ketones is 1. The van der Waals surface area contributed by atoms with Crippen molar-refractivity contribution in [2.45, 2.75) is 6.92 Å². The zero-order valence-corrected chi connectivity index (χ0v) is 14.4. The third-order valence-corrected chi connectivity index (χ3v) is 4.21. The summed E-state index contributed by atoms with van der Waals surface area (Å²) < 4.78 is 6.62. The van der Waals surface area contributed by atoms with E-state index in [4.69, 9.17) is 4.74 Å². The molecule has 0 saturated heterocycles. The molecular formula is C19H16N2O3S. The van der Waals surface area contributed by atoms with Gasteiger partial charge in [-0.3, -0.25) is 4.79 Å². The minimum absolute atomic E-state index is 0.196. The van der Waals surface area contributed by atoms with Crippen molar-refractivity contribution >= 4 is 29.2 Å². The van der Waals surface area contributed by atoms with E-state index in [2.05, 4.69) is 5.10 Å². The minimum Gasteiger partial charge on any atom is -0.455 e. The highest BCUT2D eigenvalue weighted by Gasteiger charge is 2.12. The highest BCUT2D eigenvalue weighted by atomic mass is 32.1. The molecule has 0 saturated carbocycles. The first kappa shape index (κ1) is 16.9. The van der Waals surface area contributed by atoms with E-state index in [1.165, 1.54) is 13.0 Å². The number of benzene rings is 1.